The van der Waals surface area contributed by atoms with E-state index in [0.717, 1.165) is 11.7 Å². The van der Waals surface area contributed by atoms with E-state index in [0.29, 0.717) is 5.56 Å². The lowest BCUT2D eigenvalue weighted by atomic mass is 9.50. The van der Waals surface area contributed by atoms with Crippen LogP contribution >= 0.6 is 0 Å². The van der Waals surface area contributed by atoms with Gasteiger partial charge in [0.1, 0.15) is 5.82 Å². The monoisotopic (exact) mass is 307 g/mol. The number of carbonyl (C=O) groups is 1. The molecule has 1 aromatic rings. The SMILES string of the molecule is O=C(c1ccc(NC23CC(C2)C3)nc1)N1CCC(F)(F)CC1. The Hall–Kier alpha value is -1.72. The molecule has 0 spiro atoms. The van der Waals surface area contributed by atoms with Crippen LogP contribution in [0.1, 0.15) is 42.5 Å². The first-order chi connectivity index (χ1) is 10.4. The van der Waals surface area contributed by atoms with Gasteiger partial charge in [-0.2, -0.15) is 0 Å². The number of likely N-dealkylation sites (tertiary alicyclic amines) is 1. The van der Waals surface area contributed by atoms with Crippen molar-refractivity contribution < 1.29 is 13.6 Å². The van der Waals surface area contributed by atoms with Gasteiger partial charge in [-0.1, -0.05) is 0 Å². The summed E-state index contributed by atoms with van der Waals surface area (Å²) in [6, 6.07) is 3.54. The number of hydrogen-bond donors (Lipinski definition) is 1. The summed E-state index contributed by atoms with van der Waals surface area (Å²) in [4.78, 5) is 18.1. The van der Waals surface area contributed by atoms with Crippen molar-refractivity contribution >= 4 is 11.7 Å². The molecule has 2 bridgehead atoms. The molecule has 0 atom stereocenters. The van der Waals surface area contributed by atoms with Crippen LogP contribution in [-0.4, -0.2) is 40.3 Å². The summed E-state index contributed by atoms with van der Waals surface area (Å²) in [7, 11) is 0. The summed E-state index contributed by atoms with van der Waals surface area (Å²) in [5.41, 5.74) is 0.718. The topological polar surface area (TPSA) is 45.2 Å². The van der Waals surface area contributed by atoms with Crippen LogP contribution in [0.2, 0.25) is 0 Å². The average molecular weight is 307 g/mol. The number of nitrogens with one attached hydrogen (secondary N) is 1. The van der Waals surface area contributed by atoms with Crippen molar-refractivity contribution in [3.8, 4) is 0 Å². The molecule has 1 N–H and O–H groups in total. The standard InChI is InChI=1S/C16H19F2N3O/c17-16(18)3-5-21(6-4-16)14(22)12-1-2-13(19-10-12)20-15-7-11(8-15)9-15/h1-2,10-11H,3-9H2,(H,19,20). The Morgan fingerprint density at radius 2 is 1.91 bits per heavy atom. The Kier molecular flexibility index (Phi) is 2.93. The fraction of sp³-hybridized carbons (Fsp3) is 0.625. The number of hydrogen-bond acceptors (Lipinski definition) is 3. The summed E-state index contributed by atoms with van der Waals surface area (Å²) in [6.45, 7) is 0.215. The molecule has 3 aliphatic carbocycles. The third-order valence-electron chi connectivity index (χ3n) is 5.22. The van der Waals surface area contributed by atoms with Crippen molar-refractivity contribution in [1.82, 2.24) is 9.88 Å². The first-order valence-electron chi connectivity index (χ1n) is 7.86. The largest absolute Gasteiger partial charge is 0.365 e. The predicted octanol–water partition coefficient (Wildman–Crippen LogP) is 2.92. The molecule has 1 aliphatic heterocycles. The van der Waals surface area contributed by atoms with Crippen LogP contribution in [0.5, 0.6) is 0 Å². The normalized spacial score (nSPS) is 31.9. The third kappa shape index (κ3) is 2.34. The van der Waals surface area contributed by atoms with Crippen LogP contribution in [0.4, 0.5) is 14.6 Å². The Morgan fingerprint density at radius 1 is 1.23 bits per heavy atom. The lowest BCUT2D eigenvalue weighted by Crippen LogP contribution is -2.63. The minimum atomic E-state index is -2.63. The molecule has 2 heterocycles. The van der Waals surface area contributed by atoms with Crippen molar-refractivity contribution in [1.29, 1.82) is 0 Å². The summed E-state index contributed by atoms with van der Waals surface area (Å²) in [5, 5.41) is 3.44. The highest BCUT2D eigenvalue weighted by Gasteiger charge is 2.56. The number of pyridine rings is 1. The second-order valence-electron chi connectivity index (χ2n) is 6.96. The summed E-state index contributed by atoms with van der Waals surface area (Å²) in [5.74, 6) is -1.16. The molecule has 0 radical (unpaired) electrons. The van der Waals surface area contributed by atoms with Gasteiger partial charge < -0.3 is 10.2 Å². The van der Waals surface area contributed by atoms with Gasteiger partial charge in [0.2, 0.25) is 0 Å². The molecule has 1 aromatic heterocycles. The number of anilines is 1. The van der Waals surface area contributed by atoms with Crippen molar-refractivity contribution in [3.05, 3.63) is 23.9 Å². The van der Waals surface area contributed by atoms with Gasteiger partial charge in [-0.25, -0.2) is 13.8 Å². The van der Waals surface area contributed by atoms with Gasteiger partial charge in [-0.05, 0) is 37.3 Å². The predicted molar refractivity (Wildman–Crippen MR) is 78.0 cm³/mol. The quantitative estimate of drug-likeness (QED) is 0.934. The maximum Gasteiger partial charge on any atom is 0.255 e. The Bertz CT molecular complexity index is 575. The van der Waals surface area contributed by atoms with Crippen molar-refractivity contribution in [2.45, 2.75) is 43.6 Å². The molecule has 5 rings (SSSR count). The molecule has 4 nitrogen and oxygen atoms in total. The van der Waals surface area contributed by atoms with Gasteiger partial charge in [0.05, 0.1) is 5.56 Å². The number of rotatable bonds is 3. The summed E-state index contributed by atoms with van der Waals surface area (Å²) < 4.78 is 26.3. The fourth-order valence-corrected chi connectivity index (χ4v) is 3.72. The molecular weight excluding hydrogens is 288 g/mol. The molecule has 3 saturated carbocycles. The second kappa shape index (κ2) is 4.64. The summed E-state index contributed by atoms with van der Waals surface area (Å²) >= 11 is 0. The number of amides is 1. The van der Waals surface area contributed by atoms with Crippen LogP contribution in [-0.2, 0) is 0 Å². The van der Waals surface area contributed by atoms with E-state index in [9.17, 15) is 13.6 Å². The van der Waals surface area contributed by atoms with E-state index in [-0.39, 0.29) is 37.4 Å². The molecule has 6 heteroatoms. The first-order valence-corrected chi connectivity index (χ1v) is 7.86. The zero-order valence-electron chi connectivity index (χ0n) is 12.3. The van der Waals surface area contributed by atoms with Crippen molar-refractivity contribution in [2.24, 2.45) is 5.92 Å². The van der Waals surface area contributed by atoms with E-state index in [1.807, 2.05) is 6.07 Å². The maximum absolute atomic E-state index is 13.1. The molecule has 4 aliphatic rings. The highest BCUT2D eigenvalue weighted by atomic mass is 19.3. The van der Waals surface area contributed by atoms with Crippen molar-refractivity contribution in [2.75, 3.05) is 18.4 Å². The minimum absolute atomic E-state index is 0.107. The van der Waals surface area contributed by atoms with E-state index in [1.165, 1.54) is 24.2 Å². The van der Waals surface area contributed by atoms with Crippen LogP contribution < -0.4 is 5.32 Å². The molecule has 1 amide bonds. The molecule has 118 valence electrons. The average Bonchev–Trinajstić information content (AvgIpc) is 2.41. The number of halogens is 2. The molecular formula is C16H19F2N3O. The molecule has 0 aromatic carbocycles. The van der Waals surface area contributed by atoms with Crippen molar-refractivity contribution in [3.63, 3.8) is 0 Å². The van der Waals surface area contributed by atoms with Crippen LogP contribution in [0, 0.1) is 5.92 Å². The number of piperidine rings is 1. The van der Waals surface area contributed by atoms with E-state index >= 15 is 0 Å². The lowest BCUT2D eigenvalue weighted by molar-refractivity contribution is -0.0494. The van der Waals surface area contributed by atoms with Gasteiger partial charge in [0.25, 0.3) is 11.8 Å². The van der Waals surface area contributed by atoms with E-state index in [2.05, 4.69) is 10.3 Å². The van der Waals surface area contributed by atoms with Gasteiger partial charge >= 0.3 is 0 Å². The smallest absolute Gasteiger partial charge is 0.255 e. The molecule has 1 saturated heterocycles. The minimum Gasteiger partial charge on any atom is -0.365 e. The Balaban J connectivity index is 1.38. The Labute approximate surface area is 127 Å². The third-order valence-corrected chi connectivity index (χ3v) is 5.22. The number of alkyl halides is 2. The molecule has 4 fully saturated rings. The van der Waals surface area contributed by atoms with Gasteiger partial charge in [0.15, 0.2) is 0 Å². The van der Waals surface area contributed by atoms with E-state index < -0.39 is 5.92 Å². The zero-order chi connectivity index (χ0) is 15.4. The van der Waals surface area contributed by atoms with Gasteiger partial charge in [0, 0.05) is 37.7 Å². The number of aromatic nitrogens is 1. The van der Waals surface area contributed by atoms with Gasteiger partial charge in [-0.3, -0.25) is 4.79 Å². The van der Waals surface area contributed by atoms with Crippen LogP contribution in [0.15, 0.2) is 18.3 Å². The van der Waals surface area contributed by atoms with Crippen LogP contribution in [0.3, 0.4) is 0 Å². The van der Waals surface area contributed by atoms with Gasteiger partial charge in [-0.15, -0.1) is 0 Å². The van der Waals surface area contributed by atoms with Crippen LogP contribution in [0.25, 0.3) is 0 Å². The highest BCUT2D eigenvalue weighted by molar-refractivity contribution is 5.94. The van der Waals surface area contributed by atoms with E-state index in [1.54, 1.807) is 12.3 Å². The fourth-order valence-electron chi connectivity index (χ4n) is 3.72. The Morgan fingerprint density at radius 3 is 2.41 bits per heavy atom. The first kappa shape index (κ1) is 13.9. The number of carbonyl (C=O) groups excluding carboxylic acids is 1. The highest BCUT2D eigenvalue weighted by Crippen LogP contribution is 2.58. The summed E-state index contributed by atoms with van der Waals surface area (Å²) in [6.07, 6.45) is 4.69. The molecule has 22 heavy (non-hydrogen) atoms. The number of nitrogens with zero attached hydrogens (tertiary/aromatic N) is 2. The maximum atomic E-state index is 13.1. The zero-order valence-corrected chi connectivity index (χ0v) is 12.3. The lowest BCUT2D eigenvalue weighted by Gasteiger charge is -2.62. The van der Waals surface area contributed by atoms with E-state index in [4.69, 9.17) is 0 Å². The molecule has 0 unspecified atom stereocenters. The second-order valence-corrected chi connectivity index (χ2v) is 6.96.